The van der Waals surface area contributed by atoms with Crippen molar-refractivity contribution >= 4 is 30.0 Å². The lowest BCUT2D eigenvalue weighted by Crippen LogP contribution is -2.16. The zero-order chi connectivity index (χ0) is 16.5. The van der Waals surface area contributed by atoms with Crippen LogP contribution in [0.5, 0.6) is 0 Å². The van der Waals surface area contributed by atoms with Crippen LogP contribution >= 0.6 is 11.2 Å². The molecule has 4 heteroatoms. The van der Waals surface area contributed by atoms with E-state index >= 15 is 0 Å². The van der Waals surface area contributed by atoms with Crippen molar-refractivity contribution in [3.05, 3.63) is 30.3 Å². The number of ether oxygens (including phenoxy) is 1. The van der Waals surface area contributed by atoms with E-state index in [0.29, 0.717) is 11.8 Å². The molecule has 0 aliphatic heterocycles. The lowest BCUT2D eigenvalue weighted by molar-refractivity contribution is 0.202. The highest BCUT2D eigenvalue weighted by Crippen LogP contribution is 2.24. The summed E-state index contributed by atoms with van der Waals surface area (Å²) < 4.78 is 5.98. The van der Waals surface area contributed by atoms with E-state index in [1.165, 1.54) is 32.1 Å². The molecule has 124 valence electrons. The van der Waals surface area contributed by atoms with E-state index in [9.17, 15) is 0 Å². The number of hydrogen-bond acceptors (Lipinski definition) is 3. The number of para-hydroxylation sites is 1. The predicted octanol–water partition coefficient (Wildman–Crippen LogP) is 5.84. The van der Waals surface area contributed by atoms with Gasteiger partial charge in [-0.05, 0) is 36.1 Å². The Labute approximate surface area is 145 Å². The molecule has 0 radical (unpaired) electrons. The first kappa shape index (κ1) is 18.2. The van der Waals surface area contributed by atoms with Crippen molar-refractivity contribution in [2.45, 2.75) is 51.7 Å². The summed E-state index contributed by atoms with van der Waals surface area (Å²) >= 11 is 1.75. The van der Waals surface area contributed by atoms with Crippen LogP contribution in [0.15, 0.2) is 35.3 Å². The van der Waals surface area contributed by atoms with Crippen LogP contribution in [-0.2, 0) is 4.74 Å². The summed E-state index contributed by atoms with van der Waals surface area (Å²) in [5, 5.41) is 3.21. The van der Waals surface area contributed by atoms with E-state index in [1.54, 1.807) is 11.2 Å². The molecule has 1 aromatic rings. The molecule has 1 aliphatic carbocycles. The molecule has 0 spiro atoms. The zero-order valence-corrected chi connectivity index (χ0v) is 16.3. The molecule has 0 aromatic heterocycles. The fourth-order valence-corrected chi connectivity index (χ4v) is 4.01. The number of nitrogens with zero attached hydrogens (tertiary/aromatic N) is 1. The summed E-state index contributed by atoms with van der Waals surface area (Å²) in [5.74, 6) is 4.37. The van der Waals surface area contributed by atoms with Crippen molar-refractivity contribution < 1.29 is 4.74 Å². The van der Waals surface area contributed by atoms with Gasteiger partial charge in [-0.2, -0.15) is 0 Å². The van der Waals surface area contributed by atoms with Crippen LogP contribution in [0.2, 0.25) is 19.6 Å². The molecule has 1 aromatic carbocycles. The molecule has 1 saturated carbocycles. The molecule has 2 nitrogen and oxygen atoms in total. The molecular weight excluding hydrogens is 318 g/mol. The molecule has 0 saturated heterocycles. The molecule has 0 amide bonds. The fourth-order valence-electron chi connectivity index (χ4n) is 2.49. The standard InChI is InChI=1S/C19H27NOSSi/c1-23(2,3)22-15-14-19(20-18-12-8-5-9-13-18)21-16-17-10-6-4-7-11-17/h5,8-9,12-13,17H,4,6-7,10-11,16H2,1-3H3/b20-19-. The smallest absolute Gasteiger partial charge is 0.269 e. The van der Waals surface area contributed by atoms with Gasteiger partial charge in [0.05, 0.1) is 12.3 Å². The number of hydrogen-bond donors (Lipinski definition) is 0. The van der Waals surface area contributed by atoms with Gasteiger partial charge >= 0.3 is 0 Å². The SMILES string of the molecule is C[Si](C)(C)SC#C/C(=N/c1ccccc1)OCC1CCCCC1. The molecule has 0 N–H and O–H groups in total. The molecule has 1 aliphatic rings. The third-order valence-corrected chi connectivity index (χ3v) is 6.64. The maximum absolute atomic E-state index is 5.98. The average molecular weight is 346 g/mol. The Bertz CT molecular complexity index is 563. The Hall–Kier alpha value is -1.18. The summed E-state index contributed by atoms with van der Waals surface area (Å²) in [6.07, 6.45) is 6.58. The number of benzene rings is 1. The first-order valence-electron chi connectivity index (χ1n) is 8.48. The molecular formula is C19H27NOSSi. The van der Waals surface area contributed by atoms with Crippen LogP contribution in [0.1, 0.15) is 32.1 Å². The monoisotopic (exact) mass is 345 g/mol. The second-order valence-electron chi connectivity index (χ2n) is 7.01. The van der Waals surface area contributed by atoms with Gasteiger partial charge in [-0.1, -0.05) is 57.1 Å². The summed E-state index contributed by atoms with van der Waals surface area (Å²) in [5.41, 5.74) is 0.901. The fraction of sp³-hybridized carbons (Fsp3) is 0.526. The summed E-state index contributed by atoms with van der Waals surface area (Å²) in [7, 11) is -1.24. The van der Waals surface area contributed by atoms with Gasteiger partial charge in [-0.25, -0.2) is 4.99 Å². The number of rotatable bonds is 4. The lowest BCUT2D eigenvalue weighted by atomic mass is 9.90. The van der Waals surface area contributed by atoms with Gasteiger partial charge in [-0.15, -0.1) is 11.2 Å². The van der Waals surface area contributed by atoms with E-state index in [4.69, 9.17) is 4.74 Å². The Kier molecular flexibility index (Phi) is 7.26. The predicted molar refractivity (Wildman–Crippen MR) is 105 cm³/mol. The van der Waals surface area contributed by atoms with E-state index < -0.39 is 7.22 Å². The lowest BCUT2D eigenvalue weighted by Gasteiger charge is -2.21. The summed E-state index contributed by atoms with van der Waals surface area (Å²) in [4.78, 5) is 4.59. The topological polar surface area (TPSA) is 21.6 Å². The summed E-state index contributed by atoms with van der Waals surface area (Å²) in [6.45, 7) is 7.63. The minimum absolute atomic E-state index is 0.563. The highest BCUT2D eigenvalue weighted by atomic mass is 32.4. The van der Waals surface area contributed by atoms with Gasteiger partial charge in [0.25, 0.3) is 5.90 Å². The van der Waals surface area contributed by atoms with Gasteiger partial charge in [0.1, 0.15) is 7.22 Å². The van der Waals surface area contributed by atoms with E-state index in [1.807, 2.05) is 30.3 Å². The molecule has 0 unspecified atom stereocenters. The second-order valence-corrected chi connectivity index (χ2v) is 15.9. The van der Waals surface area contributed by atoms with Gasteiger partial charge in [0, 0.05) is 5.92 Å². The van der Waals surface area contributed by atoms with Gasteiger partial charge < -0.3 is 4.74 Å². The van der Waals surface area contributed by atoms with Crippen LogP contribution in [-0.4, -0.2) is 19.7 Å². The molecule has 0 heterocycles. The van der Waals surface area contributed by atoms with Crippen LogP contribution in [0.4, 0.5) is 5.69 Å². The zero-order valence-electron chi connectivity index (χ0n) is 14.5. The second kappa shape index (κ2) is 9.20. The van der Waals surface area contributed by atoms with E-state index in [2.05, 4.69) is 35.8 Å². The first-order chi connectivity index (χ1) is 11.0. The average Bonchev–Trinajstić information content (AvgIpc) is 2.53. The molecule has 23 heavy (non-hydrogen) atoms. The summed E-state index contributed by atoms with van der Waals surface area (Å²) in [6, 6.07) is 9.94. The molecule has 0 atom stereocenters. The van der Waals surface area contributed by atoms with Crippen LogP contribution in [0.3, 0.4) is 0 Å². The Balaban J connectivity index is 2.02. The normalized spacial score (nSPS) is 16.6. The number of aliphatic imine (C=N–C) groups is 1. The van der Waals surface area contributed by atoms with Crippen LogP contribution in [0.25, 0.3) is 0 Å². The van der Waals surface area contributed by atoms with Gasteiger partial charge in [0.15, 0.2) is 0 Å². The van der Waals surface area contributed by atoms with Gasteiger partial charge in [0.2, 0.25) is 0 Å². The molecule has 0 bridgehead atoms. The molecule has 2 rings (SSSR count). The van der Waals surface area contributed by atoms with Crippen molar-refractivity contribution in [3.8, 4) is 11.2 Å². The van der Waals surface area contributed by atoms with Crippen molar-refractivity contribution in [1.29, 1.82) is 0 Å². The minimum Gasteiger partial charge on any atom is -0.471 e. The minimum atomic E-state index is -1.24. The maximum atomic E-state index is 5.98. The van der Waals surface area contributed by atoms with Gasteiger partial charge in [-0.3, -0.25) is 0 Å². The largest absolute Gasteiger partial charge is 0.471 e. The maximum Gasteiger partial charge on any atom is 0.269 e. The Morgan fingerprint density at radius 1 is 1.17 bits per heavy atom. The van der Waals surface area contributed by atoms with Crippen LogP contribution < -0.4 is 0 Å². The van der Waals surface area contributed by atoms with E-state index in [-0.39, 0.29) is 0 Å². The van der Waals surface area contributed by atoms with Crippen molar-refractivity contribution in [2.75, 3.05) is 6.61 Å². The third kappa shape index (κ3) is 7.76. The Morgan fingerprint density at radius 3 is 2.52 bits per heavy atom. The first-order valence-corrected chi connectivity index (χ1v) is 13.5. The Morgan fingerprint density at radius 2 is 1.87 bits per heavy atom. The molecule has 1 fully saturated rings. The third-order valence-electron chi connectivity index (χ3n) is 3.68. The van der Waals surface area contributed by atoms with Crippen LogP contribution in [0, 0.1) is 17.1 Å². The van der Waals surface area contributed by atoms with Crippen molar-refractivity contribution in [3.63, 3.8) is 0 Å². The van der Waals surface area contributed by atoms with E-state index in [0.717, 1.165) is 12.3 Å². The highest BCUT2D eigenvalue weighted by molar-refractivity contribution is 8.32. The quantitative estimate of drug-likeness (QED) is 0.296. The van der Waals surface area contributed by atoms with Crippen molar-refractivity contribution in [1.82, 2.24) is 0 Å². The highest BCUT2D eigenvalue weighted by Gasteiger charge is 2.15. The van der Waals surface area contributed by atoms with Crippen molar-refractivity contribution in [2.24, 2.45) is 10.9 Å².